The molecule has 0 radical (unpaired) electrons. The summed E-state index contributed by atoms with van der Waals surface area (Å²) in [5.41, 5.74) is 3.74. The quantitative estimate of drug-likeness (QED) is 0.607. The van der Waals surface area contributed by atoms with Crippen LogP contribution in [0.4, 0.5) is 0 Å². The molecular formula is C15H10N4S. The number of hydrogen-bond donors (Lipinski definition) is 1. The number of thiazole rings is 1. The largest absolute Gasteiger partial charge is 0.335 e. The molecule has 0 amide bonds. The summed E-state index contributed by atoms with van der Waals surface area (Å²) in [6.07, 6.45) is 1.74. The zero-order chi connectivity index (χ0) is 13.4. The number of aromatic nitrogens is 4. The van der Waals surface area contributed by atoms with Gasteiger partial charge in [0.25, 0.3) is 0 Å². The van der Waals surface area contributed by atoms with Gasteiger partial charge in [0.15, 0.2) is 16.5 Å². The average Bonchev–Trinajstić information content (AvgIpc) is 3.14. The van der Waals surface area contributed by atoms with Crippen LogP contribution in [0.25, 0.3) is 33.3 Å². The second-order valence-electron chi connectivity index (χ2n) is 4.36. The Balaban J connectivity index is 1.78. The van der Waals surface area contributed by atoms with Gasteiger partial charge in [-0.2, -0.15) is 0 Å². The molecule has 1 N–H and O–H groups in total. The predicted molar refractivity (Wildman–Crippen MR) is 80.4 cm³/mol. The minimum absolute atomic E-state index is 0.721. The number of nitrogens with one attached hydrogen (secondary N) is 1. The summed E-state index contributed by atoms with van der Waals surface area (Å²) in [5, 5.41) is 2.92. The molecule has 4 nitrogen and oxygen atoms in total. The summed E-state index contributed by atoms with van der Waals surface area (Å²) in [6, 6.07) is 14.0. The maximum Gasteiger partial charge on any atom is 0.178 e. The number of benzene rings is 1. The Hall–Kier alpha value is -2.53. The Morgan fingerprint density at radius 1 is 0.950 bits per heavy atom. The molecule has 4 rings (SSSR count). The number of nitrogens with zero attached hydrogens (tertiary/aromatic N) is 3. The highest BCUT2D eigenvalue weighted by molar-refractivity contribution is 7.13. The molecule has 0 bridgehead atoms. The fourth-order valence-corrected chi connectivity index (χ4v) is 2.84. The molecular weight excluding hydrogens is 268 g/mol. The van der Waals surface area contributed by atoms with Crippen LogP contribution in [0.3, 0.4) is 0 Å². The molecule has 0 aliphatic carbocycles. The van der Waals surface area contributed by atoms with E-state index < -0.39 is 0 Å². The molecule has 0 saturated heterocycles. The lowest BCUT2D eigenvalue weighted by atomic mass is 10.2. The average molecular weight is 278 g/mol. The van der Waals surface area contributed by atoms with E-state index in [0.29, 0.717) is 0 Å². The van der Waals surface area contributed by atoms with Crippen molar-refractivity contribution in [2.75, 3.05) is 0 Å². The Morgan fingerprint density at radius 3 is 2.70 bits per heavy atom. The van der Waals surface area contributed by atoms with Crippen LogP contribution in [0.2, 0.25) is 0 Å². The van der Waals surface area contributed by atoms with E-state index in [4.69, 9.17) is 0 Å². The number of imidazole rings is 1. The maximum atomic E-state index is 4.64. The lowest BCUT2D eigenvalue weighted by Crippen LogP contribution is -1.80. The van der Waals surface area contributed by atoms with E-state index in [1.165, 1.54) is 0 Å². The number of fused-ring (bicyclic) bond motifs is 1. The SMILES string of the molecule is c1ccc(-c2csc(-c3nc4ncccc4[nH]3)n2)cc1. The van der Waals surface area contributed by atoms with Crippen molar-refractivity contribution in [2.45, 2.75) is 0 Å². The Bertz CT molecular complexity index is 831. The third-order valence-electron chi connectivity index (χ3n) is 3.03. The molecule has 0 aliphatic heterocycles. The van der Waals surface area contributed by atoms with Crippen molar-refractivity contribution >= 4 is 22.5 Å². The maximum absolute atomic E-state index is 4.64. The minimum Gasteiger partial charge on any atom is -0.335 e. The van der Waals surface area contributed by atoms with E-state index in [0.717, 1.165) is 33.3 Å². The van der Waals surface area contributed by atoms with E-state index in [1.54, 1.807) is 17.5 Å². The van der Waals surface area contributed by atoms with Crippen LogP contribution in [-0.2, 0) is 0 Å². The van der Waals surface area contributed by atoms with Crippen molar-refractivity contribution in [1.82, 2.24) is 19.9 Å². The number of rotatable bonds is 2. The van der Waals surface area contributed by atoms with Crippen LogP contribution in [0.5, 0.6) is 0 Å². The van der Waals surface area contributed by atoms with E-state index in [-0.39, 0.29) is 0 Å². The summed E-state index contributed by atoms with van der Waals surface area (Å²) < 4.78 is 0. The van der Waals surface area contributed by atoms with Crippen LogP contribution in [0.1, 0.15) is 0 Å². The van der Waals surface area contributed by atoms with Gasteiger partial charge in [0.2, 0.25) is 0 Å². The van der Waals surface area contributed by atoms with Crippen molar-refractivity contribution < 1.29 is 0 Å². The standard InChI is InChI=1S/C15H10N4S/c1-2-5-10(6-3-1)12-9-20-15(18-12)14-17-11-7-4-8-16-13(11)19-14/h1-9H,(H,16,17,19). The fraction of sp³-hybridized carbons (Fsp3) is 0. The van der Waals surface area contributed by atoms with Gasteiger partial charge in [-0.25, -0.2) is 15.0 Å². The summed E-state index contributed by atoms with van der Waals surface area (Å²) in [5.74, 6) is 0.769. The number of hydrogen-bond acceptors (Lipinski definition) is 4. The number of pyridine rings is 1. The third-order valence-corrected chi connectivity index (χ3v) is 3.88. The zero-order valence-corrected chi connectivity index (χ0v) is 11.3. The van der Waals surface area contributed by atoms with Crippen molar-refractivity contribution in [3.63, 3.8) is 0 Å². The molecule has 3 aromatic heterocycles. The van der Waals surface area contributed by atoms with Crippen LogP contribution < -0.4 is 0 Å². The van der Waals surface area contributed by atoms with E-state index in [2.05, 4.69) is 32.1 Å². The second-order valence-corrected chi connectivity index (χ2v) is 5.22. The van der Waals surface area contributed by atoms with Crippen molar-refractivity contribution in [3.05, 3.63) is 54.0 Å². The van der Waals surface area contributed by atoms with Gasteiger partial charge in [0.1, 0.15) is 0 Å². The first-order valence-electron chi connectivity index (χ1n) is 6.22. The topological polar surface area (TPSA) is 54.5 Å². The zero-order valence-electron chi connectivity index (χ0n) is 10.4. The van der Waals surface area contributed by atoms with Gasteiger partial charge in [-0.1, -0.05) is 30.3 Å². The lowest BCUT2D eigenvalue weighted by molar-refractivity contribution is 1.27. The molecule has 0 unspecified atom stereocenters. The molecule has 96 valence electrons. The van der Waals surface area contributed by atoms with Crippen LogP contribution in [0.15, 0.2) is 54.0 Å². The molecule has 3 heterocycles. The van der Waals surface area contributed by atoms with Crippen molar-refractivity contribution in [1.29, 1.82) is 0 Å². The Morgan fingerprint density at radius 2 is 1.85 bits per heavy atom. The molecule has 0 saturated carbocycles. The van der Waals surface area contributed by atoms with Crippen molar-refractivity contribution in [3.8, 4) is 22.1 Å². The van der Waals surface area contributed by atoms with Gasteiger partial charge in [0.05, 0.1) is 11.2 Å². The van der Waals surface area contributed by atoms with E-state index in [9.17, 15) is 0 Å². The third kappa shape index (κ3) is 1.88. The molecule has 5 heteroatoms. The van der Waals surface area contributed by atoms with E-state index >= 15 is 0 Å². The summed E-state index contributed by atoms with van der Waals surface area (Å²) in [7, 11) is 0. The van der Waals surface area contributed by atoms with Crippen LogP contribution >= 0.6 is 11.3 Å². The molecule has 0 fully saturated rings. The van der Waals surface area contributed by atoms with Gasteiger partial charge in [0, 0.05) is 17.1 Å². The molecule has 1 aromatic carbocycles. The molecule has 0 aliphatic rings. The van der Waals surface area contributed by atoms with E-state index in [1.807, 2.05) is 35.7 Å². The van der Waals surface area contributed by atoms with Crippen LogP contribution in [0, 0.1) is 0 Å². The Labute approximate surface area is 119 Å². The van der Waals surface area contributed by atoms with Gasteiger partial charge >= 0.3 is 0 Å². The smallest absolute Gasteiger partial charge is 0.178 e. The number of aromatic amines is 1. The van der Waals surface area contributed by atoms with Gasteiger partial charge in [-0.3, -0.25) is 0 Å². The summed E-state index contributed by atoms with van der Waals surface area (Å²) in [6.45, 7) is 0. The second kappa shape index (κ2) is 4.54. The highest BCUT2D eigenvalue weighted by atomic mass is 32.1. The fourth-order valence-electron chi connectivity index (χ4n) is 2.07. The molecule has 4 aromatic rings. The lowest BCUT2D eigenvalue weighted by Gasteiger charge is -1.93. The summed E-state index contributed by atoms with van der Waals surface area (Å²) in [4.78, 5) is 16.6. The molecule has 20 heavy (non-hydrogen) atoms. The predicted octanol–water partition coefficient (Wildman–Crippen LogP) is 3.75. The normalized spacial score (nSPS) is 11.0. The number of H-pyrrole nitrogens is 1. The van der Waals surface area contributed by atoms with Crippen molar-refractivity contribution in [2.24, 2.45) is 0 Å². The van der Waals surface area contributed by atoms with Gasteiger partial charge in [-0.05, 0) is 12.1 Å². The van der Waals surface area contributed by atoms with Gasteiger partial charge in [-0.15, -0.1) is 11.3 Å². The Kier molecular flexibility index (Phi) is 2.57. The highest BCUT2D eigenvalue weighted by Gasteiger charge is 2.10. The first kappa shape index (κ1) is 11.3. The first-order valence-corrected chi connectivity index (χ1v) is 7.10. The highest BCUT2D eigenvalue weighted by Crippen LogP contribution is 2.27. The molecule has 0 spiro atoms. The first-order chi connectivity index (χ1) is 9.90. The van der Waals surface area contributed by atoms with Crippen LogP contribution in [-0.4, -0.2) is 19.9 Å². The summed E-state index contributed by atoms with van der Waals surface area (Å²) >= 11 is 1.58. The molecule has 0 atom stereocenters. The van der Waals surface area contributed by atoms with Gasteiger partial charge < -0.3 is 4.98 Å². The minimum atomic E-state index is 0.721. The monoisotopic (exact) mass is 278 g/mol.